The molecule has 2 rings (SSSR count). The lowest BCUT2D eigenvalue weighted by Crippen LogP contribution is -2.52. The van der Waals surface area contributed by atoms with E-state index in [1.807, 2.05) is 0 Å². The van der Waals surface area contributed by atoms with E-state index in [1.165, 1.54) is 12.8 Å². The lowest BCUT2D eigenvalue weighted by Gasteiger charge is -2.38. The summed E-state index contributed by atoms with van der Waals surface area (Å²) in [6, 6.07) is 0. The first-order valence-electron chi connectivity index (χ1n) is 11.4. The number of aliphatic imine (C=N–C) groups is 1. The number of nitrogens with one attached hydrogen (secondary N) is 2. The van der Waals surface area contributed by atoms with Gasteiger partial charge in [-0.1, -0.05) is 19.8 Å². The van der Waals surface area contributed by atoms with Crippen LogP contribution in [0.5, 0.6) is 0 Å². The Hall–Kier alpha value is -1.34. The molecule has 7 heteroatoms. The summed E-state index contributed by atoms with van der Waals surface area (Å²) in [7, 11) is 0. The molecule has 2 fully saturated rings. The summed E-state index contributed by atoms with van der Waals surface area (Å²) in [6.45, 7) is 13.1. The number of carbonyl (C=O) groups excluding carboxylic acids is 1. The van der Waals surface area contributed by atoms with Gasteiger partial charge in [0.15, 0.2) is 5.96 Å². The molecule has 2 N–H and O–H groups in total. The van der Waals surface area contributed by atoms with Gasteiger partial charge in [-0.15, -0.1) is 0 Å². The maximum atomic E-state index is 12.3. The van der Waals surface area contributed by atoms with Crippen molar-refractivity contribution in [1.29, 1.82) is 0 Å². The third-order valence-corrected chi connectivity index (χ3v) is 5.56. The van der Waals surface area contributed by atoms with Gasteiger partial charge in [-0.25, -0.2) is 0 Å². The predicted octanol–water partition coefficient (Wildman–Crippen LogP) is 1.69. The summed E-state index contributed by atoms with van der Waals surface area (Å²) in [5, 5.41) is 6.73. The molecule has 28 heavy (non-hydrogen) atoms. The number of unbranched alkanes of at least 4 members (excludes halogenated alkanes) is 1. The van der Waals surface area contributed by atoms with Crippen LogP contribution in [0.15, 0.2) is 4.99 Å². The molecule has 162 valence electrons. The SMILES string of the molecule is CCCCOCCCN=C(NCC)NCCN1CCN(C(=O)C2CCC2)CC1. The fourth-order valence-corrected chi connectivity index (χ4v) is 3.49. The topological polar surface area (TPSA) is 69.2 Å². The van der Waals surface area contributed by atoms with Crippen LogP contribution in [-0.4, -0.2) is 87.2 Å². The minimum Gasteiger partial charge on any atom is -0.381 e. The van der Waals surface area contributed by atoms with Crippen LogP contribution in [0.4, 0.5) is 0 Å². The Kier molecular flexibility index (Phi) is 11.3. The van der Waals surface area contributed by atoms with Crippen LogP contribution in [0.1, 0.15) is 52.4 Å². The van der Waals surface area contributed by atoms with Gasteiger partial charge in [0.25, 0.3) is 0 Å². The van der Waals surface area contributed by atoms with Crippen LogP contribution in [0.25, 0.3) is 0 Å². The highest BCUT2D eigenvalue weighted by atomic mass is 16.5. The van der Waals surface area contributed by atoms with Crippen molar-refractivity contribution in [3.05, 3.63) is 0 Å². The van der Waals surface area contributed by atoms with E-state index in [0.29, 0.717) is 11.8 Å². The van der Waals surface area contributed by atoms with Crippen LogP contribution in [-0.2, 0) is 9.53 Å². The van der Waals surface area contributed by atoms with E-state index >= 15 is 0 Å². The van der Waals surface area contributed by atoms with Crippen LogP contribution in [0.2, 0.25) is 0 Å². The van der Waals surface area contributed by atoms with Gasteiger partial charge in [0, 0.05) is 71.5 Å². The predicted molar refractivity (Wildman–Crippen MR) is 115 cm³/mol. The van der Waals surface area contributed by atoms with E-state index in [4.69, 9.17) is 4.74 Å². The van der Waals surface area contributed by atoms with Gasteiger partial charge in [0.1, 0.15) is 0 Å². The first kappa shape index (κ1) is 22.9. The average Bonchev–Trinajstić information content (AvgIpc) is 2.66. The molecule has 0 unspecified atom stereocenters. The monoisotopic (exact) mass is 395 g/mol. The van der Waals surface area contributed by atoms with E-state index < -0.39 is 0 Å². The summed E-state index contributed by atoms with van der Waals surface area (Å²) in [4.78, 5) is 21.5. The van der Waals surface area contributed by atoms with Crippen molar-refractivity contribution in [2.45, 2.75) is 52.4 Å². The number of carbonyl (C=O) groups is 1. The number of amides is 1. The quantitative estimate of drug-likeness (QED) is 0.299. The Morgan fingerprint density at radius 1 is 1.07 bits per heavy atom. The highest BCUT2D eigenvalue weighted by Gasteiger charge is 2.30. The minimum atomic E-state index is 0.323. The molecule has 1 amide bonds. The molecule has 1 aliphatic heterocycles. The van der Waals surface area contributed by atoms with Crippen molar-refractivity contribution in [3.63, 3.8) is 0 Å². The molecule has 7 nitrogen and oxygen atoms in total. The minimum absolute atomic E-state index is 0.323. The molecule has 0 atom stereocenters. The van der Waals surface area contributed by atoms with Crippen LogP contribution in [0.3, 0.4) is 0 Å². The second-order valence-electron chi connectivity index (χ2n) is 7.80. The molecule has 0 bridgehead atoms. The largest absolute Gasteiger partial charge is 0.381 e. The number of piperazine rings is 1. The Balaban J connectivity index is 1.56. The Morgan fingerprint density at radius 2 is 1.82 bits per heavy atom. The Labute approximate surface area is 171 Å². The highest BCUT2D eigenvalue weighted by molar-refractivity contribution is 5.80. The lowest BCUT2D eigenvalue weighted by atomic mass is 9.84. The van der Waals surface area contributed by atoms with Crippen molar-refractivity contribution < 1.29 is 9.53 Å². The molecule has 0 aromatic carbocycles. The molecule has 1 saturated heterocycles. The molecule has 2 aliphatic rings. The van der Waals surface area contributed by atoms with Gasteiger partial charge in [-0.3, -0.25) is 14.7 Å². The van der Waals surface area contributed by atoms with Crippen molar-refractivity contribution in [2.75, 3.05) is 65.6 Å². The Bertz CT molecular complexity index is 460. The van der Waals surface area contributed by atoms with Crippen LogP contribution >= 0.6 is 0 Å². The van der Waals surface area contributed by atoms with Gasteiger partial charge >= 0.3 is 0 Å². The number of nitrogens with zero attached hydrogens (tertiary/aromatic N) is 3. The van der Waals surface area contributed by atoms with Crippen molar-refractivity contribution >= 4 is 11.9 Å². The van der Waals surface area contributed by atoms with Crippen LogP contribution in [0, 0.1) is 5.92 Å². The van der Waals surface area contributed by atoms with E-state index in [0.717, 1.165) is 97.2 Å². The molecule has 0 aromatic rings. The van der Waals surface area contributed by atoms with Crippen LogP contribution < -0.4 is 10.6 Å². The zero-order valence-electron chi connectivity index (χ0n) is 18.0. The second-order valence-corrected chi connectivity index (χ2v) is 7.80. The summed E-state index contributed by atoms with van der Waals surface area (Å²) in [5.41, 5.74) is 0. The second kappa shape index (κ2) is 13.8. The van der Waals surface area contributed by atoms with Crippen molar-refractivity contribution in [2.24, 2.45) is 10.9 Å². The normalized spacial score (nSPS) is 18.8. The summed E-state index contributed by atoms with van der Waals surface area (Å²) >= 11 is 0. The van der Waals surface area contributed by atoms with E-state index in [2.05, 4.69) is 39.3 Å². The van der Waals surface area contributed by atoms with Crippen molar-refractivity contribution in [1.82, 2.24) is 20.4 Å². The number of hydrogen-bond acceptors (Lipinski definition) is 4. The summed E-state index contributed by atoms with van der Waals surface area (Å²) in [6.07, 6.45) is 6.69. The number of ether oxygens (including phenoxy) is 1. The first-order chi connectivity index (χ1) is 13.7. The molecule has 1 heterocycles. The third kappa shape index (κ3) is 8.35. The molecule has 0 spiro atoms. The van der Waals surface area contributed by atoms with Gasteiger partial charge in [-0.2, -0.15) is 0 Å². The van der Waals surface area contributed by atoms with E-state index in [1.54, 1.807) is 0 Å². The summed E-state index contributed by atoms with van der Waals surface area (Å²) < 4.78 is 5.58. The third-order valence-electron chi connectivity index (χ3n) is 5.56. The number of guanidine groups is 1. The van der Waals surface area contributed by atoms with Gasteiger partial charge < -0.3 is 20.3 Å². The molecule has 0 aromatic heterocycles. The number of rotatable bonds is 12. The van der Waals surface area contributed by atoms with Crippen molar-refractivity contribution in [3.8, 4) is 0 Å². The standard InChI is InChI=1S/C21H41N5O2/c1-3-5-17-28-18-7-10-23-21(22-4-2)24-11-12-25-13-15-26(16-14-25)20(27)19-8-6-9-19/h19H,3-18H2,1-2H3,(H2,22,23,24). The van der Waals surface area contributed by atoms with Gasteiger partial charge in [0.2, 0.25) is 5.91 Å². The highest BCUT2D eigenvalue weighted by Crippen LogP contribution is 2.28. The number of hydrogen-bond donors (Lipinski definition) is 2. The molecule has 1 aliphatic carbocycles. The zero-order chi connectivity index (χ0) is 20.0. The first-order valence-corrected chi connectivity index (χ1v) is 11.4. The zero-order valence-corrected chi connectivity index (χ0v) is 18.0. The maximum Gasteiger partial charge on any atom is 0.225 e. The fraction of sp³-hybridized carbons (Fsp3) is 0.905. The smallest absolute Gasteiger partial charge is 0.225 e. The van der Waals surface area contributed by atoms with Gasteiger partial charge in [-0.05, 0) is 32.6 Å². The van der Waals surface area contributed by atoms with Gasteiger partial charge in [0.05, 0.1) is 0 Å². The maximum absolute atomic E-state index is 12.3. The average molecular weight is 396 g/mol. The molecule has 0 radical (unpaired) electrons. The molecular weight excluding hydrogens is 354 g/mol. The van der Waals surface area contributed by atoms with E-state index in [-0.39, 0.29) is 0 Å². The molecular formula is C21H41N5O2. The summed E-state index contributed by atoms with van der Waals surface area (Å²) in [5.74, 6) is 1.60. The van der Waals surface area contributed by atoms with E-state index in [9.17, 15) is 4.79 Å². The fourth-order valence-electron chi connectivity index (χ4n) is 3.49. The Morgan fingerprint density at radius 3 is 2.46 bits per heavy atom. The lowest BCUT2D eigenvalue weighted by molar-refractivity contribution is -0.139. The molecule has 1 saturated carbocycles.